The number of hydrogen-bond acceptors (Lipinski definition) is 5. The van der Waals surface area contributed by atoms with Crippen LogP contribution in [0.1, 0.15) is 35.0 Å². The summed E-state index contributed by atoms with van der Waals surface area (Å²) >= 11 is 0. The maximum atomic E-state index is 13.6. The summed E-state index contributed by atoms with van der Waals surface area (Å²) in [6, 6.07) is 26.4. The van der Waals surface area contributed by atoms with Crippen LogP contribution in [0, 0.1) is 0 Å². The summed E-state index contributed by atoms with van der Waals surface area (Å²) in [5, 5.41) is 0.759. The van der Waals surface area contributed by atoms with Crippen molar-refractivity contribution in [2.24, 2.45) is 0 Å². The number of benzene rings is 3. The molecule has 6 nitrogen and oxygen atoms in total. The molecule has 0 atom stereocenters. The van der Waals surface area contributed by atoms with E-state index in [0.717, 1.165) is 48.1 Å². The first-order chi connectivity index (χ1) is 17.7. The molecule has 36 heavy (non-hydrogen) atoms. The van der Waals surface area contributed by atoms with Crippen molar-refractivity contribution >= 4 is 34.2 Å². The molecule has 0 N–H and O–H groups in total. The van der Waals surface area contributed by atoms with Gasteiger partial charge >= 0.3 is 5.97 Å². The maximum Gasteiger partial charge on any atom is 0.339 e. The van der Waals surface area contributed by atoms with E-state index in [0.29, 0.717) is 23.5 Å². The van der Waals surface area contributed by atoms with Gasteiger partial charge in [0.2, 0.25) is 0 Å². The molecule has 1 aliphatic rings. The second kappa shape index (κ2) is 10.7. The van der Waals surface area contributed by atoms with Crippen LogP contribution in [0.2, 0.25) is 0 Å². The zero-order chi connectivity index (χ0) is 24.9. The van der Waals surface area contributed by atoms with Gasteiger partial charge in [-0.3, -0.25) is 19.6 Å². The number of anilines is 2. The van der Waals surface area contributed by atoms with E-state index in [-0.39, 0.29) is 12.5 Å². The predicted octanol–water partition coefficient (Wildman–Crippen LogP) is 5.52. The molecule has 0 saturated carbocycles. The first kappa shape index (κ1) is 23.7. The molecule has 2 heterocycles. The fourth-order valence-corrected chi connectivity index (χ4v) is 4.84. The zero-order valence-corrected chi connectivity index (χ0v) is 20.4. The third-order valence-corrected chi connectivity index (χ3v) is 6.47. The second-order valence-electron chi connectivity index (χ2n) is 8.93. The van der Waals surface area contributed by atoms with Crippen molar-refractivity contribution in [2.45, 2.75) is 26.3 Å². The Bertz CT molecular complexity index is 1330. The topological polar surface area (TPSA) is 62.7 Å². The molecule has 0 aliphatic carbocycles. The minimum atomic E-state index is -0.488. The van der Waals surface area contributed by atoms with E-state index < -0.39 is 5.97 Å². The summed E-state index contributed by atoms with van der Waals surface area (Å²) in [6.07, 6.45) is 1.83. The Morgan fingerprint density at radius 2 is 1.56 bits per heavy atom. The SMILES string of the molecule is CCCN1CCc2nc3ccccc3c(C(=O)OCC(=O)N(c3ccccc3)c3ccccc3)c2C1. The van der Waals surface area contributed by atoms with Crippen molar-refractivity contribution in [3.8, 4) is 0 Å². The Labute approximate surface area is 211 Å². The van der Waals surface area contributed by atoms with Gasteiger partial charge in [-0.25, -0.2) is 4.79 Å². The standard InChI is InChI=1S/C30H29N3O3/c1-2-18-32-19-17-27-25(20-32)29(24-15-9-10-16-26(24)31-27)30(35)36-21-28(34)33(22-11-5-3-6-12-22)23-13-7-4-8-14-23/h3-16H,2,17-21H2,1H3. The number of nitrogens with zero attached hydrogens (tertiary/aromatic N) is 3. The largest absolute Gasteiger partial charge is 0.452 e. The summed E-state index contributed by atoms with van der Waals surface area (Å²) in [7, 11) is 0. The van der Waals surface area contributed by atoms with Crippen LogP contribution in [0.3, 0.4) is 0 Å². The number of fused-ring (bicyclic) bond motifs is 2. The van der Waals surface area contributed by atoms with Crippen LogP contribution in [0.4, 0.5) is 11.4 Å². The molecule has 0 fully saturated rings. The van der Waals surface area contributed by atoms with Gasteiger partial charge in [0.1, 0.15) is 0 Å². The van der Waals surface area contributed by atoms with E-state index in [1.165, 1.54) is 0 Å². The number of carbonyl (C=O) groups is 2. The van der Waals surface area contributed by atoms with Crippen LogP contribution in [0.15, 0.2) is 84.9 Å². The maximum absolute atomic E-state index is 13.6. The lowest BCUT2D eigenvalue weighted by molar-refractivity contribution is -0.120. The van der Waals surface area contributed by atoms with E-state index in [2.05, 4.69) is 11.8 Å². The van der Waals surface area contributed by atoms with Crippen molar-refractivity contribution in [1.29, 1.82) is 0 Å². The van der Waals surface area contributed by atoms with Crippen LogP contribution >= 0.6 is 0 Å². The van der Waals surface area contributed by atoms with Crippen molar-refractivity contribution in [3.05, 3.63) is 102 Å². The molecule has 1 aliphatic heterocycles. The molecule has 3 aromatic carbocycles. The highest BCUT2D eigenvalue weighted by molar-refractivity contribution is 6.07. The van der Waals surface area contributed by atoms with Crippen LogP contribution in [0.25, 0.3) is 10.9 Å². The van der Waals surface area contributed by atoms with Gasteiger partial charge in [-0.15, -0.1) is 0 Å². The Hall–Kier alpha value is -4.03. The summed E-state index contributed by atoms with van der Waals surface area (Å²) in [5.41, 5.74) is 4.57. The van der Waals surface area contributed by atoms with Gasteiger partial charge in [-0.2, -0.15) is 0 Å². The number of amides is 1. The van der Waals surface area contributed by atoms with Crippen molar-refractivity contribution < 1.29 is 14.3 Å². The molecular formula is C30H29N3O3. The molecule has 0 spiro atoms. The van der Waals surface area contributed by atoms with Gasteiger partial charge in [0, 0.05) is 47.5 Å². The van der Waals surface area contributed by atoms with Crippen LogP contribution in [-0.4, -0.2) is 41.5 Å². The van der Waals surface area contributed by atoms with Gasteiger partial charge in [-0.05, 0) is 43.3 Å². The number of esters is 1. The number of aromatic nitrogens is 1. The highest BCUT2D eigenvalue weighted by Crippen LogP contribution is 2.29. The van der Waals surface area contributed by atoms with Crippen molar-refractivity contribution in [3.63, 3.8) is 0 Å². The van der Waals surface area contributed by atoms with Crippen LogP contribution < -0.4 is 4.90 Å². The van der Waals surface area contributed by atoms with E-state index in [9.17, 15) is 9.59 Å². The smallest absolute Gasteiger partial charge is 0.339 e. The molecule has 6 heteroatoms. The summed E-state index contributed by atoms with van der Waals surface area (Å²) in [4.78, 5) is 35.7. The monoisotopic (exact) mass is 479 g/mol. The molecule has 1 aromatic heterocycles. The van der Waals surface area contributed by atoms with Gasteiger partial charge in [0.15, 0.2) is 6.61 Å². The highest BCUT2D eigenvalue weighted by Gasteiger charge is 2.27. The van der Waals surface area contributed by atoms with Gasteiger partial charge < -0.3 is 4.74 Å². The number of hydrogen-bond donors (Lipinski definition) is 0. The normalized spacial score (nSPS) is 13.2. The van der Waals surface area contributed by atoms with Crippen molar-refractivity contribution in [2.75, 3.05) is 24.6 Å². The molecule has 0 bridgehead atoms. The van der Waals surface area contributed by atoms with E-state index >= 15 is 0 Å². The highest BCUT2D eigenvalue weighted by atomic mass is 16.5. The van der Waals surface area contributed by atoms with E-state index in [1.807, 2.05) is 84.9 Å². The first-order valence-corrected chi connectivity index (χ1v) is 12.4. The summed E-state index contributed by atoms with van der Waals surface area (Å²) < 4.78 is 5.71. The van der Waals surface area contributed by atoms with Gasteiger partial charge in [0.25, 0.3) is 5.91 Å². The van der Waals surface area contributed by atoms with Gasteiger partial charge in [-0.1, -0.05) is 61.5 Å². The quantitative estimate of drug-likeness (QED) is 0.327. The summed E-state index contributed by atoms with van der Waals surface area (Å²) in [5.74, 6) is -0.807. The molecular weight excluding hydrogens is 450 g/mol. The third kappa shape index (κ3) is 4.86. The number of ether oxygens (including phenoxy) is 1. The predicted molar refractivity (Wildman–Crippen MR) is 141 cm³/mol. The van der Waals surface area contributed by atoms with E-state index in [1.54, 1.807) is 4.90 Å². The molecule has 4 aromatic rings. The second-order valence-corrected chi connectivity index (χ2v) is 8.93. The Morgan fingerprint density at radius 1 is 0.917 bits per heavy atom. The third-order valence-electron chi connectivity index (χ3n) is 6.47. The molecule has 0 radical (unpaired) electrons. The fourth-order valence-electron chi connectivity index (χ4n) is 4.84. The average molecular weight is 480 g/mol. The van der Waals surface area contributed by atoms with E-state index in [4.69, 9.17) is 9.72 Å². The molecule has 5 rings (SSSR count). The zero-order valence-electron chi connectivity index (χ0n) is 20.4. The lowest BCUT2D eigenvalue weighted by Gasteiger charge is -2.29. The molecule has 182 valence electrons. The van der Waals surface area contributed by atoms with Crippen LogP contribution in [0.5, 0.6) is 0 Å². The minimum absolute atomic E-state index is 0.319. The van der Waals surface area contributed by atoms with Gasteiger partial charge in [0.05, 0.1) is 11.1 Å². The fraction of sp³-hybridized carbons (Fsp3) is 0.233. The summed E-state index contributed by atoms with van der Waals surface area (Å²) in [6.45, 7) is 4.32. The Kier molecular flexibility index (Phi) is 7.05. The number of para-hydroxylation sites is 3. The average Bonchev–Trinajstić information content (AvgIpc) is 2.92. The van der Waals surface area contributed by atoms with Crippen LogP contribution in [-0.2, 0) is 22.5 Å². The number of carbonyl (C=O) groups excluding carboxylic acids is 2. The number of pyridine rings is 1. The molecule has 0 unspecified atom stereocenters. The number of rotatable bonds is 7. The Balaban J connectivity index is 1.44. The molecule has 1 amide bonds. The molecule has 0 saturated heterocycles. The lowest BCUT2D eigenvalue weighted by atomic mass is 9.95. The first-order valence-electron chi connectivity index (χ1n) is 12.4. The Morgan fingerprint density at radius 3 is 2.22 bits per heavy atom. The minimum Gasteiger partial charge on any atom is -0.452 e. The lowest BCUT2D eigenvalue weighted by Crippen LogP contribution is -2.34. The van der Waals surface area contributed by atoms with Crippen molar-refractivity contribution in [1.82, 2.24) is 9.88 Å².